The molecule has 3 saturated heterocycles. The molecule has 3 aliphatic heterocycles. The van der Waals surface area contributed by atoms with Gasteiger partial charge in [0.25, 0.3) is 0 Å². The highest BCUT2D eigenvalue weighted by atomic mass is 16.6. The maximum atomic E-state index is 11.6. The summed E-state index contributed by atoms with van der Waals surface area (Å²) in [5, 5.41) is 0. The van der Waals surface area contributed by atoms with Gasteiger partial charge in [-0.1, -0.05) is 0 Å². The zero-order chi connectivity index (χ0) is 38.2. The van der Waals surface area contributed by atoms with Gasteiger partial charge in [-0.2, -0.15) is 15.0 Å². The van der Waals surface area contributed by atoms with Gasteiger partial charge in [-0.25, -0.2) is 19.2 Å². The first-order valence-corrected chi connectivity index (χ1v) is 15.3. The Morgan fingerprint density at radius 2 is 0.714 bits per heavy atom. The third-order valence-electron chi connectivity index (χ3n) is 7.72. The Hall–Kier alpha value is -4.59. The highest BCUT2D eigenvalue weighted by Crippen LogP contribution is 2.30. The number of ether oxygens (including phenoxy) is 2. The van der Waals surface area contributed by atoms with Crippen molar-refractivity contribution in [2.45, 2.75) is 24.8 Å². The van der Waals surface area contributed by atoms with Crippen molar-refractivity contribution in [3.05, 3.63) is 0 Å². The van der Waals surface area contributed by atoms with E-state index in [0.717, 1.165) is 0 Å². The van der Waals surface area contributed by atoms with Crippen molar-refractivity contribution in [1.82, 2.24) is 54.2 Å². The van der Waals surface area contributed by atoms with E-state index in [1.165, 1.54) is 19.6 Å². The molecule has 0 N–H and O–H groups in total. The van der Waals surface area contributed by atoms with Crippen molar-refractivity contribution in [3.8, 4) is 0 Å². The Morgan fingerprint density at radius 1 is 0.490 bits per heavy atom. The van der Waals surface area contributed by atoms with Crippen LogP contribution in [0.1, 0.15) is 0 Å². The first-order valence-electron chi connectivity index (χ1n) is 15.3. The molecule has 8 amide bonds. The summed E-state index contributed by atoms with van der Waals surface area (Å²) in [7, 11) is 31.7. The van der Waals surface area contributed by atoms with Gasteiger partial charge in [0.2, 0.25) is 17.8 Å². The molecule has 4 rings (SSSR count). The molecule has 3 aliphatic rings. The molecule has 20 heteroatoms. The number of anilines is 3. The summed E-state index contributed by atoms with van der Waals surface area (Å²) in [6.07, 6.45) is -0.949. The van der Waals surface area contributed by atoms with Crippen molar-refractivity contribution in [2.75, 3.05) is 142 Å². The number of urea groups is 4. The number of aromatic nitrogens is 3. The van der Waals surface area contributed by atoms with Gasteiger partial charge in [-0.15, -0.1) is 0 Å². The van der Waals surface area contributed by atoms with Gasteiger partial charge < -0.3 is 53.6 Å². The first kappa shape index (κ1) is 42.4. The lowest BCUT2D eigenvalue weighted by Gasteiger charge is -2.22. The molecule has 1 aromatic rings. The predicted molar refractivity (Wildman–Crippen MR) is 188 cm³/mol. The van der Waals surface area contributed by atoms with Gasteiger partial charge in [0, 0.05) is 127 Å². The minimum Gasteiger partial charge on any atom is -0.357 e. The smallest absolute Gasteiger partial charge is 0.323 e. The third kappa shape index (κ3) is 9.74. The SMILES string of the molecule is CN(C)C(=O)N(C)C.CN(C)c1nc(N(C)C)nc(N(C)C)n1.CN1C(=O)N(C)C2C1N(C)C(=O)N2C.COC1C(OC)N(C)C(=O)N1C. The second kappa shape index (κ2) is 17.7. The minimum absolute atomic E-state index is 0.0185. The summed E-state index contributed by atoms with van der Waals surface area (Å²) in [5.41, 5.74) is 0. The number of hydrogen-bond acceptors (Lipinski definition) is 12. The highest BCUT2D eigenvalue weighted by molar-refractivity contribution is 5.84. The van der Waals surface area contributed by atoms with Crippen molar-refractivity contribution in [3.63, 3.8) is 0 Å². The first-order chi connectivity index (χ1) is 22.6. The Bertz CT molecular complexity index is 1140. The van der Waals surface area contributed by atoms with Crippen LogP contribution in [0.15, 0.2) is 0 Å². The van der Waals surface area contributed by atoms with Gasteiger partial charge in [0.05, 0.1) is 0 Å². The van der Waals surface area contributed by atoms with Gasteiger partial charge in [0.1, 0.15) is 12.3 Å². The van der Waals surface area contributed by atoms with Crippen LogP contribution in [0.4, 0.5) is 37.0 Å². The number of rotatable bonds is 5. The van der Waals surface area contributed by atoms with Crippen molar-refractivity contribution >= 4 is 42.0 Å². The van der Waals surface area contributed by atoms with E-state index in [1.807, 2.05) is 57.0 Å². The highest BCUT2D eigenvalue weighted by Gasteiger charge is 2.54. The van der Waals surface area contributed by atoms with E-state index < -0.39 is 0 Å². The zero-order valence-corrected chi connectivity index (χ0v) is 32.5. The number of nitrogens with zero attached hydrogens (tertiary/aromatic N) is 14. The molecule has 49 heavy (non-hydrogen) atoms. The Balaban J connectivity index is 0.000000334. The third-order valence-corrected chi connectivity index (χ3v) is 7.72. The van der Waals surface area contributed by atoms with Crippen molar-refractivity contribution < 1.29 is 28.7 Å². The predicted octanol–water partition coefficient (Wildman–Crippen LogP) is -0.139. The fraction of sp³-hybridized carbons (Fsp3) is 0.759. The van der Waals surface area contributed by atoms with Crippen LogP contribution >= 0.6 is 0 Å². The average Bonchev–Trinajstić information content (AvgIpc) is 3.51. The number of likely N-dealkylation sites (N-methyl/N-ethyl adjacent to an activating group) is 6. The molecular formula is C29H58N14O6. The van der Waals surface area contributed by atoms with Crippen LogP contribution < -0.4 is 14.7 Å². The number of amides is 8. The molecule has 0 aliphatic carbocycles. The normalized spacial score (nSPS) is 21.0. The van der Waals surface area contributed by atoms with Crippen molar-refractivity contribution in [2.24, 2.45) is 0 Å². The lowest BCUT2D eigenvalue weighted by molar-refractivity contribution is -0.0980. The molecule has 0 radical (unpaired) electrons. The minimum atomic E-state index is -0.313. The maximum Gasteiger partial charge on any atom is 0.323 e. The van der Waals surface area contributed by atoms with E-state index in [4.69, 9.17) is 9.47 Å². The maximum absolute atomic E-state index is 11.6. The van der Waals surface area contributed by atoms with Crippen LogP contribution in [0, 0.1) is 0 Å². The number of carbonyl (C=O) groups is 4. The van der Waals surface area contributed by atoms with Crippen LogP contribution in [-0.2, 0) is 9.47 Å². The van der Waals surface area contributed by atoms with Crippen LogP contribution in [0.2, 0.25) is 0 Å². The second-order valence-corrected chi connectivity index (χ2v) is 12.6. The monoisotopic (exact) mass is 698 g/mol. The quantitative estimate of drug-likeness (QED) is 0.401. The molecule has 20 nitrogen and oxygen atoms in total. The largest absolute Gasteiger partial charge is 0.357 e. The Labute approximate surface area is 291 Å². The van der Waals surface area contributed by atoms with Crippen LogP contribution in [0.25, 0.3) is 0 Å². The lowest BCUT2D eigenvalue weighted by atomic mass is 10.4. The van der Waals surface area contributed by atoms with Crippen LogP contribution in [0.5, 0.6) is 0 Å². The van der Waals surface area contributed by atoms with E-state index in [1.54, 1.807) is 104 Å². The molecular weight excluding hydrogens is 640 g/mol. The summed E-state index contributed by atoms with van der Waals surface area (Å²) < 4.78 is 10.2. The molecule has 4 heterocycles. The summed E-state index contributed by atoms with van der Waals surface area (Å²) in [5.74, 6) is 1.99. The zero-order valence-electron chi connectivity index (χ0n) is 32.5. The van der Waals surface area contributed by atoms with Gasteiger partial charge >= 0.3 is 24.1 Å². The number of carbonyl (C=O) groups excluding carboxylic acids is 4. The standard InChI is InChI=1S/C9H18N6.C8H14N4O2.C7H14N2O3.C5H12N2O/c1-13(2)7-10-8(14(3)4)12-9(11-7)15(5)6;1-9-5-6(11(3)7(9)13)12(4)8(14)10(5)2;1-8-5(11-3)6(12-4)9(2)7(8)10;1-6(2)5(8)7(3)4/h1-6H3;5-6H,1-4H3;5-6H,1-4H3;1-4H3. The van der Waals surface area contributed by atoms with E-state index in [0.29, 0.717) is 17.8 Å². The summed E-state index contributed by atoms with van der Waals surface area (Å²) in [6.45, 7) is 0. The molecule has 280 valence electrons. The van der Waals surface area contributed by atoms with Crippen molar-refractivity contribution in [1.29, 1.82) is 0 Å². The van der Waals surface area contributed by atoms with Gasteiger partial charge in [0.15, 0.2) is 12.5 Å². The molecule has 0 saturated carbocycles. The van der Waals surface area contributed by atoms with E-state index in [2.05, 4.69) is 15.0 Å². The van der Waals surface area contributed by atoms with Crippen LogP contribution in [0.3, 0.4) is 0 Å². The number of methoxy groups -OCH3 is 2. The second-order valence-electron chi connectivity index (χ2n) is 12.6. The Kier molecular flexibility index (Phi) is 15.3. The molecule has 1 aromatic heterocycles. The number of fused-ring (bicyclic) bond motifs is 1. The molecule has 0 aromatic carbocycles. The van der Waals surface area contributed by atoms with Crippen LogP contribution in [-0.4, -0.2) is 230 Å². The number of hydrogen-bond donors (Lipinski definition) is 0. The van der Waals surface area contributed by atoms with Gasteiger partial charge in [-0.05, 0) is 0 Å². The molecule has 2 atom stereocenters. The molecule has 0 spiro atoms. The fourth-order valence-corrected chi connectivity index (χ4v) is 5.01. The topological polar surface area (TPSA) is 161 Å². The van der Waals surface area contributed by atoms with E-state index >= 15 is 0 Å². The Morgan fingerprint density at radius 3 is 0.878 bits per heavy atom. The fourth-order valence-electron chi connectivity index (χ4n) is 5.01. The summed E-state index contributed by atoms with van der Waals surface area (Å²) in [4.78, 5) is 76.2. The summed E-state index contributed by atoms with van der Waals surface area (Å²) in [6, 6.07) is -0.170. The average molecular weight is 699 g/mol. The lowest BCUT2D eigenvalue weighted by Crippen LogP contribution is -2.42. The molecule has 0 bridgehead atoms. The van der Waals surface area contributed by atoms with E-state index in [9.17, 15) is 19.2 Å². The van der Waals surface area contributed by atoms with E-state index in [-0.39, 0.29) is 48.9 Å². The summed E-state index contributed by atoms with van der Waals surface area (Å²) >= 11 is 0. The molecule has 2 unspecified atom stereocenters. The molecule has 3 fully saturated rings. The van der Waals surface area contributed by atoms with Gasteiger partial charge in [-0.3, -0.25) is 9.80 Å².